The SMILES string of the molecule is CCS(=O)(=O)NC1CCC(CC(C)(C)NC[C@H](O)c2cncc(F)c2)CC1. The molecule has 0 radical (unpaired) electrons. The molecule has 0 bridgehead atoms. The van der Waals surface area contributed by atoms with E-state index in [1.54, 1.807) is 6.92 Å². The zero-order valence-corrected chi connectivity index (χ0v) is 17.2. The molecular formula is C19H32FN3O3S. The summed E-state index contributed by atoms with van der Waals surface area (Å²) in [4.78, 5) is 3.77. The van der Waals surface area contributed by atoms with E-state index < -0.39 is 21.9 Å². The predicted octanol–water partition coefficient (Wildman–Crippen LogP) is 2.51. The summed E-state index contributed by atoms with van der Waals surface area (Å²) in [5.41, 5.74) is 0.282. The molecule has 1 aliphatic carbocycles. The third kappa shape index (κ3) is 7.44. The molecule has 27 heavy (non-hydrogen) atoms. The number of sulfonamides is 1. The van der Waals surface area contributed by atoms with Gasteiger partial charge >= 0.3 is 0 Å². The van der Waals surface area contributed by atoms with Crippen molar-refractivity contribution in [1.29, 1.82) is 0 Å². The van der Waals surface area contributed by atoms with Crippen molar-refractivity contribution < 1.29 is 17.9 Å². The summed E-state index contributed by atoms with van der Waals surface area (Å²) in [5.74, 6) is 0.177. The van der Waals surface area contributed by atoms with Gasteiger partial charge in [0.2, 0.25) is 10.0 Å². The van der Waals surface area contributed by atoms with Gasteiger partial charge in [0.15, 0.2) is 0 Å². The van der Waals surface area contributed by atoms with Gasteiger partial charge in [-0.3, -0.25) is 4.98 Å². The largest absolute Gasteiger partial charge is 0.387 e. The zero-order chi connectivity index (χ0) is 20.1. The molecule has 1 aliphatic rings. The van der Waals surface area contributed by atoms with Gasteiger partial charge in [-0.2, -0.15) is 0 Å². The fourth-order valence-corrected chi connectivity index (χ4v) is 4.63. The Morgan fingerprint density at radius 2 is 1.96 bits per heavy atom. The number of β-amino-alcohol motifs (C(OH)–C–C–N with tert-alkyl or cyclic N) is 1. The quantitative estimate of drug-likeness (QED) is 0.591. The minimum atomic E-state index is -3.14. The van der Waals surface area contributed by atoms with Crippen molar-refractivity contribution in [2.75, 3.05) is 12.3 Å². The van der Waals surface area contributed by atoms with Crippen LogP contribution in [0.3, 0.4) is 0 Å². The lowest BCUT2D eigenvalue weighted by Gasteiger charge is -2.35. The Morgan fingerprint density at radius 1 is 1.30 bits per heavy atom. The number of aliphatic hydroxyl groups is 1. The molecule has 1 saturated carbocycles. The van der Waals surface area contributed by atoms with Crippen LogP contribution in [0.15, 0.2) is 18.5 Å². The van der Waals surface area contributed by atoms with Crippen molar-refractivity contribution in [3.63, 3.8) is 0 Å². The molecule has 0 spiro atoms. The van der Waals surface area contributed by atoms with Crippen LogP contribution in [-0.2, 0) is 10.0 Å². The topological polar surface area (TPSA) is 91.3 Å². The number of aliphatic hydroxyl groups excluding tert-OH is 1. The Bertz CT molecular complexity index is 704. The first-order chi connectivity index (χ1) is 12.6. The molecule has 0 amide bonds. The second-order valence-corrected chi connectivity index (χ2v) is 10.2. The molecule has 2 rings (SSSR count). The van der Waals surface area contributed by atoms with Crippen LogP contribution in [0, 0.1) is 11.7 Å². The molecule has 0 aromatic carbocycles. The van der Waals surface area contributed by atoms with Crippen LogP contribution >= 0.6 is 0 Å². The van der Waals surface area contributed by atoms with E-state index in [4.69, 9.17) is 0 Å². The first-order valence-electron chi connectivity index (χ1n) is 9.64. The van der Waals surface area contributed by atoms with Gasteiger partial charge in [0, 0.05) is 29.9 Å². The second-order valence-electron chi connectivity index (χ2n) is 8.16. The van der Waals surface area contributed by atoms with Crippen LogP contribution in [0.5, 0.6) is 0 Å². The van der Waals surface area contributed by atoms with Crippen molar-refractivity contribution in [2.45, 2.75) is 70.6 Å². The van der Waals surface area contributed by atoms with Crippen LogP contribution in [0.25, 0.3) is 0 Å². The molecule has 1 aromatic rings. The predicted molar refractivity (Wildman–Crippen MR) is 104 cm³/mol. The second kappa shape index (κ2) is 9.41. The third-order valence-electron chi connectivity index (χ3n) is 5.26. The van der Waals surface area contributed by atoms with E-state index in [9.17, 15) is 17.9 Å². The number of nitrogens with one attached hydrogen (secondary N) is 2. The highest BCUT2D eigenvalue weighted by atomic mass is 32.2. The standard InChI is InChI=1S/C19H32FN3O3S/c1-4-27(25,26)23-17-7-5-14(6-8-17)10-19(2,3)22-13-18(24)15-9-16(20)12-21-11-15/h9,11-12,14,17-18,22-24H,4-8,10,13H2,1-3H3/t14?,17?,18-/m0/s1. The molecule has 3 N–H and O–H groups in total. The van der Waals surface area contributed by atoms with Crippen molar-refractivity contribution >= 4 is 10.0 Å². The van der Waals surface area contributed by atoms with Gasteiger partial charge in [-0.1, -0.05) is 0 Å². The lowest BCUT2D eigenvalue weighted by molar-refractivity contribution is 0.149. The van der Waals surface area contributed by atoms with Gasteiger partial charge in [-0.25, -0.2) is 17.5 Å². The van der Waals surface area contributed by atoms with E-state index >= 15 is 0 Å². The summed E-state index contributed by atoms with van der Waals surface area (Å²) >= 11 is 0. The smallest absolute Gasteiger partial charge is 0.211 e. The Kier molecular flexibility index (Phi) is 7.73. The first kappa shape index (κ1) is 22.2. The maximum atomic E-state index is 13.2. The van der Waals surface area contributed by atoms with Gasteiger partial charge < -0.3 is 10.4 Å². The molecule has 1 atom stereocenters. The number of aromatic nitrogens is 1. The minimum Gasteiger partial charge on any atom is -0.387 e. The number of halogens is 1. The Labute approximate surface area is 162 Å². The van der Waals surface area contributed by atoms with E-state index in [1.165, 1.54) is 12.3 Å². The van der Waals surface area contributed by atoms with Gasteiger partial charge in [0.25, 0.3) is 0 Å². The molecule has 0 saturated heterocycles. The van der Waals surface area contributed by atoms with Crippen LogP contribution in [0.2, 0.25) is 0 Å². The molecule has 0 aliphatic heterocycles. The van der Waals surface area contributed by atoms with E-state index in [-0.39, 0.29) is 17.3 Å². The van der Waals surface area contributed by atoms with Crippen LogP contribution in [0.4, 0.5) is 4.39 Å². The van der Waals surface area contributed by atoms with Crippen molar-refractivity contribution in [3.8, 4) is 0 Å². The molecule has 8 heteroatoms. The van der Waals surface area contributed by atoms with E-state index in [0.29, 0.717) is 18.0 Å². The summed E-state index contributed by atoms with van der Waals surface area (Å²) in [7, 11) is -3.14. The van der Waals surface area contributed by atoms with Gasteiger partial charge in [-0.15, -0.1) is 0 Å². The Hall–Kier alpha value is -1.09. The molecule has 6 nitrogen and oxygen atoms in total. The molecule has 1 heterocycles. The Morgan fingerprint density at radius 3 is 2.56 bits per heavy atom. The number of nitrogens with zero attached hydrogens (tertiary/aromatic N) is 1. The maximum Gasteiger partial charge on any atom is 0.211 e. The van der Waals surface area contributed by atoms with E-state index in [0.717, 1.165) is 38.3 Å². The lowest BCUT2D eigenvalue weighted by Crippen LogP contribution is -2.44. The van der Waals surface area contributed by atoms with Crippen LogP contribution < -0.4 is 10.0 Å². The van der Waals surface area contributed by atoms with E-state index in [2.05, 4.69) is 28.9 Å². The normalized spacial score (nSPS) is 22.6. The number of hydrogen-bond donors (Lipinski definition) is 3. The summed E-state index contributed by atoms with van der Waals surface area (Å²) in [5, 5.41) is 13.6. The third-order valence-corrected chi connectivity index (χ3v) is 6.71. The average molecular weight is 402 g/mol. The van der Waals surface area contributed by atoms with Crippen molar-refractivity contribution in [1.82, 2.24) is 15.0 Å². The number of hydrogen-bond acceptors (Lipinski definition) is 5. The van der Waals surface area contributed by atoms with Gasteiger partial charge in [0.05, 0.1) is 18.1 Å². The first-order valence-corrected chi connectivity index (χ1v) is 11.3. The van der Waals surface area contributed by atoms with Crippen LogP contribution in [0.1, 0.15) is 64.5 Å². The highest BCUT2D eigenvalue weighted by molar-refractivity contribution is 7.89. The summed E-state index contributed by atoms with van der Waals surface area (Å²) in [6.07, 6.45) is 6.40. The minimum absolute atomic E-state index is 0.0459. The van der Waals surface area contributed by atoms with E-state index in [1.807, 2.05) is 0 Å². The molecule has 1 fully saturated rings. The highest BCUT2D eigenvalue weighted by Gasteiger charge is 2.29. The molecule has 1 aromatic heterocycles. The fraction of sp³-hybridized carbons (Fsp3) is 0.737. The fourth-order valence-electron chi connectivity index (χ4n) is 3.72. The molecular weight excluding hydrogens is 369 g/mol. The maximum absolute atomic E-state index is 13.2. The summed E-state index contributed by atoms with van der Waals surface area (Å²) < 4.78 is 39.4. The monoisotopic (exact) mass is 401 g/mol. The molecule has 0 unspecified atom stereocenters. The summed E-state index contributed by atoms with van der Waals surface area (Å²) in [6.45, 7) is 6.16. The number of pyridine rings is 1. The average Bonchev–Trinajstić information content (AvgIpc) is 2.61. The highest BCUT2D eigenvalue weighted by Crippen LogP contribution is 2.31. The number of rotatable bonds is 9. The lowest BCUT2D eigenvalue weighted by atomic mass is 9.79. The zero-order valence-electron chi connectivity index (χ0n) is 16.4. The summed E-state index contributed by atoms with van der Waals surface area (Å²) in [6, 6.07) is 1.34. The van der Waals surface area contributed by atoms with Gasteiger partial charge in [0.1, 0.15) is 5.82 Å². The molecule has 154 valence electrons. The van der Waals surface area contributed by atoms with Crippen LogP contribution in [-0.4, -0.2) is 42.4 Å². The Balaban J connectivity index is 1.78. The van der Waals surface area contributed by atoms with Gasteiger partial charge in [-0.05, 0) is 64.9 Å². The van der Waals surface area contributed by atoms with Crippen molar-refractivity contribution in [3.05, 3.63) is 29.8 Å². The van der Waals surface area contributed by atoms with Crippen molar-refractivity contribution in [2.24, 2.45) is 5.92 Å².